The van der Waals surface area contributed by atoms with Gasteiger partial charge in [-0.3, -0.25) is 0 Å². The van der Waals surface area contributed by atoms with Crippen LogP contribution in [-0.4, -0.2) is 15.9 Å². The van der Waals surface area contributed by atoms with Crippen LogP contribution in [0.1, 0.15) is 78.5 Å². The smallest absolute Gasteiger partial charge is 0.126 e. The van der Waals surface area contributed by atoms with Gasteiger partial charge in [0.05, 0.1) is 15.9 Å². The second kappa shape index (κ2) is 7.52. The number of allylic oxidation sites excluding steroid dienone is 4. The van der Waals surface area contributed by atoms with Gasteiger partial charge in [-0.05, 0) is 24.2 Å². The molecule has 0 bridgehead atoms. The van der Waals surface area contributed by atoms with Gasteiger partial charge in [0.25, 0.3) is 0 Å². The summed E-state index contributed by atoms with van der Waals surface area (Å²) in [6, 6.07) is 2.38. The van der Waals surface area contributed by atoms with Crippen LogP contribution in [0.15, 0.2) is 29.4 Å². The van der Waals surface area contributed by atoms with Crippen molar-refractivity contribution in [1.82, 2.24) is 0 Å². The number of benzene rings is 1. The molecule has 0 fully saturated rings. The van der Waals surface area contributed by atoms with Crippen molar-refractivity contribution < 1.29 is 4.74 Å². The Kier molecular flexibility index (Phi) is 6.17. The van der Waals surface area contributed by atoms with Crippen molar-refractivity contribution in [2.75, 3.05) is 7.11 Å². The van der Waals surface area contributed by atoms with E-state index in [1.807, 2.05) is 7.11 Å². The van der Waals surface area contributed by atoms with E-state index in [4.69, 9.17) is 4.74 Å². The first-order chi connectivity index (χ1) is 12.6. The van der Waals surface area contributed by atoms with Gasteiger partial charge in [0.15, 0.2) is 0 Å². The zero-order valence-electron chi connectivity index (χ0n) is 20.3. The summed E-state index contributed by atoms with van der Waals surface area (Å²) in [6.45, 7) is 25.7. The summed E-state index contributed by atoms with van der Waals surface area (Å²) in [5, 5.41) is 1.55. The fraction of sp³-hybridized carbons (Fsp3) is 0.615. The highest BCUT2D eigenvalue weighted by atomic mass is 28.3. The fourth-order valence-corrected chi connectivity index (χ4v) is 6.23. The number of hydrogen-bond acceptors (Lipinski definition) is 1. The van der Waals surface area contributed by atoms with Crippen molar-refractivity contribution >= 4 is 14.0 Å². The second-order valence-electron chi connectivity index (χ2n) is 11.2. The zero-order chi connectivity index (χ0) is 21.7. The molecule has 0 saturated heterocycles. The van der Waals surface area contributed by atoms with Crippen molar-refractivity contribution in [2.24, 2.45) is 5.41 Å². The molecule has 28 heavy (non-hydrogen) atoms. The lowest BCUT2D eigenvalue weighted by Crippen LogP contribution is -2.38. The highest BCUT2D eigenvalue weighted by molar-refractivity contribution is 6.71. The Morgan fingerprint density at radius 3 is 1.79 bits per heavy atom. The monoisotopic (exact) mass is 397 g/mol. The molecule has 1 nitrogen and oxygen atoms in total. The summed E-state index contributed by atoms with van der Waals surface area (Å²) in [4.78, 5) is 0. The van der Waals surface area contributed by atoms with Crippen LogP contribution in [0.5, 0.6) is 5.75 Å². The normalized spacial score (nSPS) is 15.8. The minimum absolute atomic E-state index is 0.0483. The maximum atomic E-state index is 6.16. The first-order valence-electron chi connectivity index (χ1n) is 10.6. The van der Waals surface area contributed by atoms with Crippen LogP contribution >= 0.6 is 0 Å². The minimum atomic E-state index is -0.642. The van der Waals surface area contributed by atoms with Gasteiger partial charge in [-0.1, -0.05) is 109 Å². The van der Waals surface area contributed by atoms with Crippen molar-refractivity contribution in [3.63, 3.8) is 0 Å². The number of aryl methyl sites for hydroxylation is 1. The number of methoxy groups -OCH3 is 1. The molecule has 0 aliphatic heterocycles. The van der Waals surface area contributed by atoms with Gasteiger partial charge in [0.1, 0.15) is 5.75 Å². The van der Waals surface area contributed by atoms with E-state index in [9.17, 15) is 0 Å². The maximum absolute atomic E-state index is 6.16. The van der Waals surface area contributed by atoms with E-state index in [2.05, 4.69) is 93.6 Å². The Morgan fingerprint density at radius 2 is 1.39 bits per heavy atom. The summed E-state index contributed by atoms with van der Waals surface area (Å²) in [6.07, 6.45) is 5.79. The highest BCUT2D eigenvalue weighted by Crippen LogP contribution is 2.47. The van der Waals surface area contributed by atoms with Gasteiger partial charge in [-0.2, -0.15) is 0 Å². The van der Waals surface area contributed by atoms with Gasteiger partial charge in [-0.25, -0.2) is 0 Å². The molecule has 2 rings (SSSR count). The summed E-state index contributed by atoms with van der Waals surface area (Å²) in [5.74, 6) is 1.11. The van der Waals surface area contributed by atoms with Gasteiger partial charge in [0.2, 0.25) is 0 Å². The Labute approximate surface area is 175 Å². The standard InChI is InChI=1S/C26H41OSi/c1-17-15-20(25(5,6)7)22(27-10)21(23(17)28(11)12)26(8,9)19-14-13-18(16-19)24(2,3)4/h13-15H,16H2,1-12H3. The van der Waals surface area contributed by atoms with E-state index in [1.165, 1.54) is 27.8 Å². The molecule has 155 valence electrons. The lowest BCUT2D eigenvalue weighted by molar-refractivity contribution is 0.383. The van der Waals surface area contributed by atoms with Crippen LogP contribution in [0.2, 0.25) is 13.1 Å². The van der Waals surface area contributed by atoms with Crippen LogP contribution in [0.3, 0.4) is 0 Å². The summed E-state index contributed by atoms with van der Waals surface area (Å²) >= 11 is 0. The van der Waals surface area contributed by atoms with Crippen molar-refractivity contribution in [3.05, 3.63) is 46.1 Å². The van der Waals surface area contributed by atoms with Crippen molar-refractivity contribution in [3.8, 4) is 5.75 Å². The molecule has 0 spiro atoms. The Bertz CT molecular complexity index is 808. The minimum Gasteiger partial charge on any atom is -0.496 e. The van der Waals surface area contributed by atoms with Gasteiger partial charge >= 0.3 is 0 Å². The van der Waals surface area contributed by atoms with Gasteiger partial charge < -0.3 is 4.74 Å². The molecule has 0 aromatic heterocycles. The van der Waals surface area contributed by atoms with Crippen molar-refractivity contribution in [2.45, 2.75) is 92.7 Å². The molecular weight excluding hydrogens is 356 g/mol. The fourth-order valence-electron chi connectivity index (χ4n) is 4.44. The average molecular weight is 398 g/mol. The van der Waals surface area contributed by atoms with Gasteiger partial charge in [-0.15, -0.1) is 0 Å². The van der Waals surface area contributed by atoms with Crippen LogP contribution in [0.25, 0.3) is 0 Å². The van der Waals surface area contributed by atoms with Crippen LogP contribution in [0, 0.1) is 12.3 Å². The molecule has 1 aromatic carbocycles. The third-order valence-corrected chi connectivity index (χ3v) is 7.89. The lowest BCUT2D eigenvalue weighted by Gasteiger charge is -2.37. The summed E-state index contributed by atoms with van der Waals surface area (Å²) in [5.41, 5.74) is 7.41. The molecule has 0 saturated carbocycles. The third kappa shape index (κ3) is 4.17. The molecule has 2 heteroatoms. The van der Waals surface area contributed by atoms with E-state index < -0.39 is 8.80 Å². The molecular formula is C26H41OSi. The number of rotatable bonds is 4. The molecule has 0 N–H and O–H groups in total. The van der Waals surface area contributed by atoms with E-state index >= 15 is 0 Å². The molecule has 1 aromatic rings. The molecule has 1 radical (unpaired) electrons. The average Bonchev–Trinajstić information content (AvgIpc) is 3.03. The molecule has 1 aliphatic rings. The number of hydrogen-bond donors (Lipinski definition) is 0. The third-order valence-electron chi connectivity index (χ3n) is 6.25. The van der Waals surface area contributed by atoms with E-state index in [0.717, 1.165) is 12.2 Å². The largest absolute Gasteiger partial charge is 0.496 e. The molecule has 0 atom stereocenters. The molecule has 1 aliphatic carbocycles. The predicted molar refractivity (Wildman–Crippen MR) is 127 cm³/mol. The Hall–Kier alpha value is -1.28. The quantitative estimate of drug-likeness (QED) is 0.505. The highest BCUT2D eigenvalue weighted by Gasteiger charge is 2.38. The summed E-state index contributed by atoms with van der Waals surface area (Å²) in [7, 11) is 1.21. The second-order valence-corrected chi connectivity index (χ2v) is 13.7. The van der Waals surface area contributed by atoms with Crippen LogP contribution < -0.4 is 9.92 Å². The van der Waals surface area contributed by atoms with Crippen LogP contribution in [0.4, 0.5) is 0 Å². The Morgan fingerprint density at radius 1 is 0.857 bits per heavy atom. The maximum Gasteiger partial charge on any atom is 0.126 e. The first-order valence-corrected chi connectivity index (χ1v) is 13.1. The van der Waals surface area contributed by atoms with E-state index in [-0.39, 0.29) is 16.2 Å². The lowest BCUT2D eigenvalue weighted by atomic mass is 9.71. The molecule has 0 heterocycles. The topological polar surface area (TPSA) is 9.23 Å². The number of ether oxygens (including phenoxy) is 1. The summed E-state index contributed by atoms with van der Waals surface area (Å²) < 4.78 is 6.16. The SMILES string of the molecule is COc1c(C(C)(C)C)cc(C)c([Si](C)C)c1C(C)(C)C1=CC=C(C(C)(C)C)C1. The molecule has 0 amide bonds. The van der Waals surface area contributed by atoms with E-state index in [0.29, 0.717) is 0 Å². The first kappa shape index (κ1) is 23.0. The van der Waals surface area contributed by atoms with E-state index in [1.54, 1.807) is 5.19 Å². The van der Waals surface area contributed by atoms with Crippen LogP contribution in [-0.2, 0) is 10.8 Å². The zero-order valence-corrected chi connectivity index (χ0v) is 21.3. The predicted octanol–water partition coefficient (Wildman–Crippen LogP) is 6.84. The van der Waals surface area contributed by atoms with Crippen molar-refractivity contribution in [1.29, 1.82) is 0 Å². The van der Waals surface area contributed by atoms with Gasteiger partial charge in [0, 0.05) is 16.5 Å². The molecule has 0 unspecified atom stereocenters. The Balaban J connectivity index is 2.74.